The number of carbonyl (C=O) groups is 1. The molecule has 0 bridgehead atoms. The Morgan fingerprint density at radius 3 is 2.89 bits per heavy atom. The first kappa shape index (κ1) is 17.2. The third-order valence-corrected chi connectivity index (χ3v) is 4.54. The Bertz CT molecular complexity index is 926. The highest BCUT2D eigenvalue weighted by molar-refractivity contribution is 5.79. The van der Waals surface area contributed by atoms with Crippen molar-refractivity contribution < 1.29 is 14.1 Å². The highest BCUT2D eigenvalue weighted by atomic mass is 16.5. The molecule has 1 fully saturated rings. The van der Waals surface area contributed by atoms with E-state index >= 15 is 0 Å². The van der Waals surface area contributed by atoms with Crippen LogP contribution in [0.2, 0.25) is 0 Å². The highest BCUT2D eigenvalue weighted by Crippen LogP contribution is 2.30. The summed E-state index contributed by atoms with van der Waals surface area (Å²) < 4.78 is 11.0. The summed E-state index contributed by atoms with van der Waals surface area (Å²) in [6, 6.07) is 13.3. The molecule has 1 amide bonds. The van der Waals surface area contributed by atoms with Crippen LogP contribution in [0.25, 0.3) is 11.6 Å². The highest BCUT2D eigenvalue weighted by Gasteiger charge is 2.34. The minimum atomic E-state index is -0.0852. The minimum absolute atomic E-state index is 0.0792. The molecule has 2 aromatic heterocycles. The SMILES string of the molecule is CCOc1ccccc1CN1CC(c2noc(-c3ccccn3)n2)CC1=O. The van der Waals surface area contributed by atoms with Gasteiger partial charge in [0.15, 0.2) is 5.82 Å². The fourth-order valence-electron chi connectivity index (χ4n) is 3.23. The summed E-state index contributed by atoms with van der Waals surface area (Å²) in [5.74, 6) is 1.73. The fourth-order valence-corrected chi connectivity index (χ4v) is 3.23. The lowest BCUT2D eigenvalue weighted by Crippen LogP contribution is -2.24. The van der Waals surface area contributed by atoms with Crippen LogP contribution >= 0.6 is 0 Å². The number of nitrogens with zero attached hydrogens (tertiary/aromatic N) is 4. The van der Waals surface area contributed by atoms with E-state index in [4.69, 9.17) is 9.26 Å². The Morgan fingerprint density at radius 1 is 1.22 bits per heavy atom. The van der Waals surface area contributed by atoms with Crippen LogP contribution < -0.4 is 4.74 Å². The van der Waals surface area contributed by atoms with E-state index < -0.39 is 0 Å². The Morgan fingerprint density at radius 2 is 2.07 bits per heavy atom. The van der Waals surface area contributed by atoms with Gasteiger partial charge in [-0.2, -0.15) is 4.98 Å². The number of ether oxygens (including phenoxy) is 1. The van der Waals surface area contributed by atoms with Gasteiger partial charge < -0.3 is 14.2 Å². The molecule has 3 heterocycles. The van der Waals surface area contributed by atoms with Crippen LogP contribution in [0.1, 0.15) is 30.7 Å². The maximum Gasteiger partial charge on any atom is 0.276 e. The molecule has 0 N–H and O–H groups in total. The van der Waals surface area contributed by atoms with Crippen LogP contribution in [-0.2, 0) is 11.3 Å². The molecule has 0 spiro atoms. The van der Waals surface area contributed by atoms with Gasteiger partial charge in [-0.3, -0.25) is 9.78 Å². The molecule has 4 rings (SSSR count). The molecule has 138 valence electrons. The lowest BCUT2D eigenvalue weighted by molar-refractivity contribution is -0.128. The third kappa shape index (κ3) is 3.67. The van der Waals surface area contributed by atoms with Crippen molar-refractivity contribution in [2.75, 3.05) is 13.2 Å². The molecule has 7 nitrogen and oxygen atoms in total. The molecule has 1 aromatic carbocycles. The van der Waals surface area contributed by atoms with E-state index in [2.05, 4.69) is 15.1 Å². The van der Waals surface area contributed by atoms with Gasteiger partial charge in [0.2, 0.25) is 5.91 Å². The van der Waals surface area contributed by atoms with Crippen molar-refractivity contribution in [3.63, 3.8) is 0 Å². The van der Waals surface area contributed by atoms with Crippen molar-refractivity contribution in [1.29, 1.82) is 0 Å². The van der Waals surface area contributed by atoms with Crippen molar-refractivity contribution in [2.24, 2.45) is 0 Å². The van der Waals surface area contributed by atoms with E-state index in [9.17, 15) is 4.79 Å². The third-order valence-electron chi connectivity index (χ3n) is 4.54. The average molecular weight is 364 g/mol. The van der Waals surface area contributed by atoms with E-state index in [0.29, 0.717) is 43.5 Å². The first-order valence-corrected chi connectivity index (χ1v) is 8.98. The standard InChI is InChI=1S/C20H20N4O3/c1-2-26-17-9-4-3-7-14(17)12-24-13-15(11-18(24)25)19-22-20(27-23-19)16-8-5-6-10-21-16/h3-10,15H,2,11-13H2,1H3. The normalized spacial score (nSPS) is 16.7. The van der Waals surface area contributed by atoms with E-state index in [1.165, 1.54) is 0 Å². The van der Waals surface area contributed by atoms with Gasteiger partial charge in [0.05, 0.1) is 6.61 Å². The van der Waals surface area contributed by atoms with Crippen molar-refractivity contribution in [3.05, 3.63) is 60.0 Å². The summed E-state index contributed by atoms with van der Waals surface area (Å²) in [4.78, 5) is 23.0. The van der Waals surface area contributed by atoms with Crippen molar-refractivity contribution in [3.8, 4) is 17.3 Å². The zero-order chi connectivity index (χ0) is 18.6. The Labute approximate surface area is 157 Å². The van der Waals surface area contributed by atoms with Crippen LogP contribution in [0.5, 0.6) is 5.75 Å². The molecule has 1 aliphatic heterocycles. The van der Waals surface area contributed by atoms with Gasteiger partial charge >= 0.3 is 0 Å². The molecule has 7 heteroatoms. The predicted octanol–water partition coefficient (Wildman–Crippen LogP) is 3.05. The molecular weight excluding hydrogens is 344 g/mol. The van der Waals surface area contributed by atoms with Crippen LogP contribution in [0.4, 0.5) is 0 Å². The number of carbonyl (C=O) groups excluding carboxylic acids is 1. The van der Waals surface area contributed by atoms with Gasteiger partial charge in [0.25, 0.3) is 5.89 Å². The maximum absolute atomic E-state index is 12.5. The summed E-state index contributed by atoms with van der Waals surface area (Å²) in [6.45, 7) is 3.60. The average Bonchev–Trinajstić information content (AvgIpc) is 3.32. The Kier molecular flexibility index (Phi) is 4.82. The van der Waals surface area contributed by atoms with Gasteiger partial charge in [0.1, 0.15) is 11.4 Å². The molecule has 1 saturated heterocycles. The number of rotatable bonds is 6. The lowest BCUT2D eigenvalue weighted by Gasteiger charge is -2.18. The largest absolute Gasteiger partial charge is 0.494 e. The smallest absolute Gasteiger partial charge is 0.276 e. The summed E-state index contributed by atoms with van der Waals surface area (Å²) in [5, 5.41) is 4.07. The summed E-state index contributed by atoms with van der Waals surface area (Å²) in [6.07, 6.45) is 2.05. The lowest BCUT2D eigenvalue weighted by atomic mass is 10.1. The second kappa shape index (κ2) is 7.57. The molecule has 0 radical (unpaired) electrons. The number of hydrogen-bond acceptors (Lipinski definition) is 6. The Balaban J connectivity index is 1.48. The number of aromatic nitrogens is 3. The van der Waals surface area contributed by atoms with Gasteiger partial charge in [0, 0.05) is 37.2 Å². The van der Waals surface area contributed by atoms with Crippen molar-refractivity contribution in [1.82, 2.24) is 20.0 Å². The number of benzene rings is 1. The van der Waals surface area contributed by atoms with Crippen molar-refractivity contribution in [2.45, 2.75) is 25.8 Å². The summed E-state index contributed by atoms with van der Waals surface area (Å²) in [5.41, 5.74) is 1.62. The van der Waals surface area contributed by atoms with E-state index in [0.717, 1.165) is 11.3 Å². The topological polar surface area (TPSA) is 81.3 Å². The molecule has 0 saturated carbocycles. The van der Waals surface area contributed by atoms with E-state index in [1.807, 2.05) is 54.3 Å². The van der Waals surface area contributed by atoms with Crippen LogP contribution in [0, 0.1) is 0 Å². The number of hydrogen-bond donors (Lipinski definition) is 0. The zero-order valence-corrected chi connectivity index (χ0v) is 15.0. The predicted molar refractivity (Wildman–Crippen MR) is 97.9 cm³/mol. The van der Waals surface area contributed by atoms with Crippen molar-refractivity contribution >= 4 is 5.91 Å². The van der Waals surface area contributed by atoms with Crippen LogP contribution in [0.15, 0.2) is 53.2 Å². The van der Waals surface area contributed by atoms with Crippen LogP contribution in [-0.4, -0.2) is 39.1 Å². The van der Waals surface area contributed by atoms with Gasteiger partial charge in [-0.05, 0) is 25.1 Å². The van der Waals surface area contributed by atoms with Gasteiger partial charge in [-0.15, -0.1) is 0 Å². The van der Waals surface area contributed by atoms with Gasteiger partial charge in [-0.1, -0.05) is 29.4 Å². The molecule has 0 aliphatic carbocycles. The second-order valence-corrected chi connectivity index (χ2v) is 6.39. The number of amides is 1. The molecule has 1 aliphatic rings. The number of likely N-dealkylation sites (tertiary alicyclic amines) is 1. The van der Waals surface area contributed by atoms with Crippen LogP contribution in [0.3, 0.4) is 0 Å². The Hall–Kier alpha value is -3.22. The number of para-hydroxylation sites is 1. The molecular formula is C20H20N4O3. The number of pyridine rings is 1. The van der Waals surface area contributed by atoms with E-state index in [-0.39, 0.29) is 11.8 Å². The molecule has 3 aromatic rings. The first-order chi connectivity index (χ1) is 13.2. The quantitative estimate of drug-likeness (QED) is 0.669. The zero-order valence-electron chi connectivity index (χ0n) is 15.0. The monoisotopic (exact) mass is 364 g/mol. The first-order valence-electron chi connectivity index (χ1n) is 8.98. The van der Waals surface area contributed by atoms with E-state index in [1.54, 1.807) is 6.20 Å². The molecule has 27 heavy (non-hydrogen) atoms. The summed E-state index contributed by atoms with van der Waals surface area (Å²) >= 11 is 0. The second-order valence-electron chi connectivity index (χ2n) is 6.39. The summed E-state index contributed by atoms with van der Waals surface area (Å²) in [7, 11) is 0. The molecule has 1 atom stereocenters. The minimum Gasteiger partial charge on any atom is -0.494 e. The fraction of sp³-hybridized carbons (Fsp3) is 0.300. The van der Waals surface area contributed by atoms with Gasteiger partial charge in [-0.25, -0.2) is 0 Å². The maximum atomic E-state index is 12.5. The molecule has 1 unspecified atom stereocenters.